The molecule has 0 saturated heterocycles. The molecule has 1 aromatic rings. The molecule has 1 rings (SSSR count). The Morgan fingerprint density at radius 2 is 1.34 bits per heavy atom. The van der Waals surface area contributed by atoms with Crippen LogP contribution < -0.4 is 5.19 Å². The zero-order chi connectivity index (χ0) is 21.6. The Kier molecular flexibility index (Phi) is 13.8. The maximum atomic E-state index is 9.42. The monoisotopic (exact) mass is 524 g/mol. The summed E-state index contributed by atoms with van der Waals surface area (Å²) < 4.78 is 6.60. The van der Waals surface area contributed by atoms with E-state index in [1.165, 1.54) is 51.4 Å². The molecule has 0 radical (unpaired) electrons. The van der Waals surface area contributed by atoms with Gasteiger partial charge in [0.2, 0.25) is 0 Å². The number of rotatable bonds is 16. The number of unbranched alkanes of at least 4 members (excludes halogenated alkanes) is 4. The first-order valence-electron chi connectivity index (χ1n) is 12.3. The standard InChI is InChI=1S/C14H21OSi.3C4H9.Sn/c1-16(2,13-9-4-3-8-12-15)14-10-6-5-7-11-14;3*1-3-4-2;/h5-7,10-11,13,15H,3-4,8,12H2,1-2H3;3*1,3-4H2,2H3;. The molecule has 0 heterocycles. The van der Waals surface area contributed by atoms with Gasteiger partial charge in [-0.1, -0.05) is 0 Å². The molecular weight excluding hydrogens is 475 g/mol. The van der Waals surface area contributed by atoms with Gasteiger partial charge in [-0.25, -0.2) is 0 Å². The summed E-state index contributed by atoms with van der Waals surface area (Å²) >= 11 is -2.41. The molecule has 0 spiro atoms. The Hall–Kier alpha value is -0.0644. The Bertz CT molecular complexity index is 546. The zero-order valence-electron chi connectivity index (χ0n) is 20.1. The molecule has 0 atom stereocenters. The molecule has 1 N–H and O–H groups in total. The normalized spacial score (nSPS) is 13.1. The van der Waals surface area contributed by atoms with Gasteiger partial charge in [-0.3, -0.25) is 0 Å². The number of benzene rings is 1. The first-order chi connectivity index (χ1) is 14.0. The summed E-state index contributed by atoms with van der Waals surface area (Å²) in [5, 5.41) is 11.0. The topological polar surface area (TPSA) is 20.2 Å². The van der Waals surface area contributed by atoms with Crippen molar-refractivity contribution in [1.82, 2.24) is 0 Å². The Balaban J connectivity index is 3.39. The van der Waals surface area contributed by atoms with Gasteiger partial charge < -0.3 is 0 Å². The molecule has 0 aliphatic heterocycles. The van der Waals surface area contributed by atoms with Crippen LogP contribution in [0.3, 0.4) is 0 Å². The van der Waals surface area contributed by atoms with Gasteiger partial charge in [0.1, 0.15) is 0 Å². The second-order valence-electron chi connectivity index (χ2n) is 9.53. The van der Waals surface area contributed by atoms with E-state index in [9.17, 15) is 5.11 Å². The van der Waals surface area contributed by atoms with Gasteiger partial charge in [0.05, 0.1) is 0 Å². The second-order valence-corrected chi connectivity index (χ2v) is 27.3. The summed E-state index contributed by atoms with van der Waals surface area (Å²) in [5.41, 5.74) is 2.86. The molecule has 1 nitrogen and oxygen atoms in total. The van der Waals surface area contributed by atoms with Crippen LogP contribution >= 0.6 is 0 Å². The van der Waals surface area contributed by atoms with E-state index < -0.39 is 26.5 Å². The van der Waals surface area contributed by atoms with Gasteiger partial charge in [0.25, 0.3) is 0 Å². The van der Waals surface area contributed by atoms with Crippen molar-refractivity contribution in [1.29, 1.82) is 0 Å². The molecule has 0 aliphatic rings. The SMILES string of the molecule is CCC[CH2][Sn]([CH2]CCC)([CH2]CCC)/[C](=C\[Si](C)(C)c1ccccc1)CCCCO. The van der Waals surface area contributed by atoms with Gasteiger partial charge in [-0.15, -0.1) is 0 Å². The van der Waals surface area contributed by atoms with Crippen LogP contribution in [0.15, 0.2) is 39.6 Å². The minimum absolute atomic E-state index is 0.341. The van der Waals surface area contributed by atoms with E-state index in [1.54, 1.807) is 18.5 Å². The average molecular weight is 523 g/mol. The van der Waals surface area contributed by atoms with Crippen molar-refractivity contribution in [2.45, 2.75) is 105 Å². The molecule has 1 aromatic carbocycles. The molecule has 3 heteroatoms. The Morgan fingerprint density at radius 3 is 1.79 bits per heavy atom. The third-order valence-electron chi connectivity index (χ3n) is 6.61. The van der Waals surface area contributed by atoms with E-state index in [-0.39, 0.29) is 0 Å². The fraction of sp³-hybridized carbons (Fsp3) is 0.692. The maximum absolute atomic E-state index is 9.42. The van der Waals surface area contributed by atoms with E-state index in [0.717, 1.165) is 6.42 Å². The van der Waals surface area contributed by atoms with E-state index in [1.807, 2.05) is 3.59 Å². The quantitative estimate of drug-likeness (QED) is 0.175. The summed E-state index contributed by atoms with van der Waals surface area (Å²) in [5.74, 6) is 0. The summed E-state index contributed by atoms with van der Waals surface area (Å²) in [7, 11) is -1.60. The third kappa shape index (κ3) is 9.31. The summed E-state index contributed by atoms with van der Waals surface area (Å²) in [6, 6.07) is 11.3. The molecule has 0 bridgehead atoms. The molecule has 0 aliphatic carbocycles. The van der Waals surface area contributed by atoms with E-state index >= 15 is 0 Å². The van der Waals surface area contributed by atoms with Gasteiger partial charge in [-0.2, -0.15) is 0 Å². The molecule has 0 fully saturated rings. The van der Waals surface area contributed by atoms with Crippen molar-refractivity contribution in [3.05, 3.63) is 39.6 Å². The van der Waals surface area contributed by atoms with Crippen LogP contribution in [0.1, 0.15) is 78.6 Å². The van der Waals surface area contributed by atoms with Gasteiger partial charge in [0, 0.05) is 0 Å². The summed E-state index contributed by atoms with van der Waals surface area (Å²) in [4.78, 5) is 0. The van der Waals surface area contributed by atoms with Crippen molar-refractivity contribution in [2.75, 3.05) is 6.61 Å². The van der Waals surface area contributed by atoms with Crippen LogP contribution in [0.4, 0.5) is 0 Å². The van der Waals surface area contributed by atoms with E-state index in [0.29, 0.717) is 6.61 Å². The van der Waals surface area contributed by atoms with Crippen molar-refractivity contribution < 1.29 is 5.11 Å². The molecule has 29 heavy (non-hydrogen) atoms. The van der Waals surface area contributed by atoms with Crippen LogP contribution in [0.5, 0.6) is 0 Å². The minimum atomic E-state index is -2.41. The summed E-state index contributed by atoms with van der Waals surface area (Å²) in [6.07, 6.45) is 11.7. The predicted octanol–water partition coefficient (Wildman–Crippen LogP) is 7.62. The van der Waals surface area contributed by atoms with Crippen LogP contribution in [0.2, 0.25) is 26.4 Å². The molecule has 0 unspecified atom stereocenters. The van der Waals surface area contributed by atoms with Crippen molar-refractivity contribution in [3.63, 3.8) is 0 Å². The first-order valence-corrected chi connectivity index (χ1v) is 22.9. The second kappa shape index (κ2) is 14.9. The Labute approximate surface area is 187 Å². The zero-order valence-corrected chi connectivity index (χ0v) is 24.0. The number of aliphatic hydroxyl groups is 1. The van der Waals surface area contributed by atoms with Crippen molar-refractivity contribution in [2.24, 2.45) is 0 Å². The van der Waals surface area contributed by atoms with Gasteiger partial charge >= 0.3 is 188 Å². The third-order valence-corrected chi connectivity index (χ3v) is 26.6. The molecule has 0 aromatic heterocycles. The van der Waals surface area contributed by atoms with E-state index in [4.69, 9.17) is 0 Å². The van der Waals surface area contributed by atoms with Crippen molar-refractivity contribution >= 4 is 31.6 Å². The Morgan fingerprint density at radius 1 is 0.828 bits per heavy atom. The summed E-state index contributed by atoms with van der Waals surface area (Å²) in [6.45, 7) is 12.5. The molecule has 0 amide bonds. The van der Waals surface area contributed by atoms with Crippen LogP contribution in [-0.4, -0.2) is 38.2 Å². The first kappa shape index (κ1) is 27.0. The van der Waals surface area contributed by atoms with Gasteiger partial charge in [-0.05, 0) is 0 Å². The predicted molar refractivity (Wildman–Crippen MR) is 137 cm³/mol. The number of hydrogen-bond acceptors (Lipinski definition) is 1. The van der Waals surface area contributed by atoms with Gasteiger partial charge in [0.15, 0.2) is 0 Å². The average Bonchev–Trinajstić information content (AvgIpc) is 2.73. The van der Waals surface area contributed by atoms with Crippen LogP contribution in [0, 0.1) is 0 Å². The van der Waals surface area contributed by atoms with Crippen LogP contribution in [0.25, 0.3) is 0 Å². The fourth-order valence-corrected chi connectivity index (χ4v) is 28.7. The number of allylic oxidation sites excluding steroid dienone is 1. The van der Waals surface area contributed by atoms with E-state index in [2.05, 4.69) is 69.9 Å². The number of hydrogen-bond donors (Lipinski definition) is 1. The molecular formula is C26H48OSiSn. The molecule has 166 valence electrons. The fourth-order valence-electron chi connectivity index (χ4n) is 4.71. The molecule has 0 saturated carbocycles. The van der Waals surface area contributed by atoms with Crippen LogP contribution in [-0.2, 0) is 0 Å². The van der Waals surface area contributed by atoms with Crippen molar-refractivity contribution in [3.8, 4) is 0 Å². The number of aliphatic hydroxyl groups excluding tert-OH is 1.